The lowest BCUT2D eigenvalue weighted by molar-refractivity contribution is -0.137. The first kappa shape index (κ1) is 10.9. The number of hydrogen-bond donors (Lipinski definition) is 0. The summed E-state index contributed by atoms with van der Waals surface area (Å²) >= 11 is 11.8. The van der Waals surface area contributed by atoms with Gasteiger partial charge >= 0.3 is 5.97 Å². The maximum atomic E-state index is 10.9. The fourth-order valence-corrected chi connectivity index (χ4v) is 1.85. The Balaban J connectivity index is 2.39. The van der Waals surface area contributed by atoms with E-state index in [1.165, 1.54) is 6.08 Å². The number of ether oxygens (including phenoxy) is 1. The SMILES string of the molecule is CCOC(=O)/C=C/C1C(C)C1(Cl)Cl. The summed E-state index contributed by atoms with van der Waals surface area (Å²) in [7, 11) is 0. The van der Waals surface area contributed by atoms with Crippen molar-refractivity contribution < 1.29 is 9.53 Å². The minimum atomic E-state index is -0.691. The first-order valence-electron chi connectivity index (χ1n) is 4.23. The van der Waals surface area contributed by atoms with E-state index in [1.807, 2.05) is 6.92 Å². The minimum absolute atomic E-state index is 0.0697. The average molecular weight is 223 g/mol. The van der Waals surface area contributed by atoms with Crippen LogP contribution in [-0.2, 0) is 9.53 Å². The number of carbonyl (C=O) groups is 1. The molecule has 1 fully saturated rings. The van der Waals surface area contributed by atoms with Gasteiger partial charge in [-0.15, -0.1) is 23.2 Å². The van der Waals surface area contributed by atoms with Crippen molar-refractivity contribution in [2.24, 2.45) is 11.8 Å². The maximum Gasteiger partial charge on any atom is 0.330 e. The van der Waals surface area contributed by atoms with Crippen molar-refractivity contribution in [3.8, 4) is 0 Å². The van der Waals surface area contributed by atoms with Crippen molar-refractivity contribution in [2.75, 3.05) is 6.61 Å². The van der Waals surface area contributed by atoms with Gasteiger partial charge in [-0.1, -0.05) is 13.0 Å². The third kappa shape index (κ3) is 2.38. The van der Waals surface area contributed by atoms with Gasteiger partial charge in [0.05, 0.1) is 6.61 Å². The summed E-state index contributed by atoms with van der Waals surface area (Å²) in [5.41, 5.74) is 0. The van der Waals surface area contributed by atoms with Gasteiger partial charge in [0, 0.05) is 12.0 Å². The third-order valence-electron chi connectivity index (χ3n) is 2.21. The highest BCUT2D eigenvalue weighted by Gasteiger charge is 2.58. The summed E-state index contributed by atoms with van der Waals surface area (Å²) < 4.78 is 4.02. The van der Waals surface area contributed by atoms with Crippen molar-refractivity contribution in [3.63, 3.8) is 0 Å². The number of allylic oxidation sites excluding steroid dienone is 1. The first-order valence-corrected chi connectivity index (χ1v) is 4.98. The Hall–Kier alpha value is -0.210. The van der Waals surface area contributed by atoms with E-state index in [9.17, 15) is 4.79 Å². The van der Waals surface area contributed by atoms with Crippen molar-refractivity contribution in [3.05, 3.63) is 12.2 Å². The number of esters is 1. The van der Waals surface area contributed by atoms with Crippen LogP contribution in [0, 0.1) is 11.8 Å². The second-order valence-electron chi connectivity index (χ2n) is 3.10. The molecule has 0 aromatic rings. The van der Waals surface area contributed by atoms with E-state index in [-0.39, 0.29) is 17.8 Å². The molecule has 0 aromatic heterocycles. The molecule has 0 bridgehead atoms. The lowest BCUT2D eigenvalue weighted by atomic mass is 10.3. The zero-order valence-corrected chi connectivity index (χ0v) is 9.10. The highest BCUT2D eigenvalue weighted by Crippen LogP contribution is 2.59. The van der Waals surface area contributed by atoms with Crippen LogP contribution < -0.4 is 0 Å². The molecule has 74 valence electrons. The minimum Gasteiger partial charge on any atom is -0.463 e. The standard InChI is InChI=1S/C9H12Cl2O2/c1-3-13-8(12)5-4-7-6(2)9(7,10)11/h4-7H,3H2,1-2H3/b5-4+. The summed E-state index contributed by atoms with van der Waals surface area (Å²) in [6.45, 7) is 4.09. The molecule has 13 heavy (non-hydrogen) atoms. The molecule has 0 radical (unpaired) electrons. The molecule has 0 N–H and O–H groups in total. The number of rotatable bonds is 3. The van der Waals surface area contributed by atoms with Crippen LogP contribution in [-0.4, -0.2) is 16.9 Å². The topological polar surface area (TPSA) is 26.3 Å². The molecule has 1 aliphatic rings. The Morgan fingerprint density at radius 1 is 1.62 bits per heavy atom. The fourth-order valence-electron chi connectivity index (χ4n) is 1.18. The molecule has 0 heterocycles. The highest BCUT2D eigenvalue weighted by molar-refractivity contribution is 6.51. The van der Waals surface area contributed by atoms with Crippen LogP contribution in [0.2, 0.25) is 0 Å². The van der Waals surface area contributed by atoms with Gasteiger partial charge in [-0.2, -0.15) is 0 Å². The highest BCUT2D eigenvalue weighted by atomic mass is 35.5. The first-order chi connectivity index (χ1) is 6.00. The van der Waals surface area contributed by atoms with E-state index in [0.29, 0.717) is 6.61 Å². The number of halogens is 2. The van der Waals surface area contributed by atoms with Crippen LogP contribution in [0.5, 0.6) is 0 Å². The maximum absolute atomic E-state index is 10.9. The van der Waals surface area contributed by atoms with E-state index < -0.39 is 4.33 Å². The van der Waals surface area contributed by atoms with Crippen LogP contribution in [0.4, 0.5) is 0 Å². The predicted octanol–water partition coefficient (Wildman–Crippen LogP) is 2.55. The molecule has 0 spiro atoms. The number of carbonyl (C=O) groups excluding carboxylic acids is 1. The quantitative estimate of drug-likeness (QED) is 0.417. The summed E-state index contributed by atoms with van der Waals surface area (Å²) in [6, 6.07) is 0. The Morgan fingerprint density at radius 3 is 2.54 bits per heavy atom. The second kappa shape index (κ2) is 3.89. The lowest BCUT2D eigenvalue weighted by Gasteiger charge is -1.94. The van der Waals surface area contributed by atoms with Gasteiger partial charge < -0.3 is 4.74 Å². The Kier molecular flexibility index (Phi) is 3.25. The Morgan fingerprint density at radius 2 is 2.15 bits per heavy atom. The predicted molar refractivity (Wildman–Crippen MR) is 52.9 cm³/mol. The molecule has 2 nitrogen and oxygen atoms in total. The van der Waals surface area contributed by atoms with Gasteiger partial charge in [0.2, 0.25) is 0 Å². The van der Waals surface area contributed by atoms with Gasteiger partial charge in [0.15, 0.2) is 0 Å². The summed E-state index contributed by atoms with van der Waals surface area (Å²) in [5.74, 6) is -0.0625. The van der Waals surface area contributed by atoms with Crippen molar-refractivity contribution >= 4 is 29.2 Å². The Labute approximate surface area is 87.8 Å². The molecular weight excluding hydrogens is 211 g/mol. The molecule has 1 rings (SSSR count). The van der Waals surface area contributed by atoms with Crippen molar-refractivity contribution in [2.45, 2.75) is 18.2 Å². The van der Waals surface area contributed by atoms with Crippen molar-refractivity contribution in [1.82, 2.24) is 0 Å². The zero-order valence-electron chi connectivity index (χ0n) is 7.59. The lowest BCUT2D eigenvalue weighted by Crippen LogP contribution is -1.99. The van der Waals surface area contributed by atoms with Gasteiger partial charge in [-0.05, 0) is 12.8 Å². The summed E-state index contributed by atoms with van der Waals surface area (Å²) in [6.07, 6.45) is 3.10. The smallest absolute Gasteiger partial charge is 0.330 e. The summed E-state index contributed by atoms with van der Waals surface area (Å²) in [4.78, 5) is 10.9. The molecule has 0 amide bonds. The molecule has 0 aromatic carbocycles. The van der Waals surface area contributed by atoms with Crippen LogP contribution in [0.15, 0.2) is 12.2 Å². The number of hydrogen-bond acceptors (Lipinski definition) is 2. The van der Waals surface area contributed by atoms with E-state index in [4.69, 9.17) is 27.9 Å². The van der Waals surface area contributed by atoms with Crippen LogP contribution >= 0.6 is 23.2 Å². The molecule has 4 heteroatoms. The van der Waals surface area contributed by atoms with Crippen LogP contribution in [0.3, 0.4) is 0 Å². The zero-order chi connectivity index (χ0) is 10.1. The largest absolute Gasteiger partial charge is 0.463 e. The molecule has 0 aliphatic heterocycles. The van der Waals surface area contributed by atoms with Gasteiger partial charge in [0.1, 0.15) is 4.33 Å². The number of alkyl halides is 2. The van der Waals surface area contributed by atoms with Crippen molar-refractivity contribution in [1.29, 1.82) is 0 Å². The monoisotopic (exact) mass is 222 g/mol. The van der Waals surface area contributed by atoms with E-state index in [0.717, 1.165) is 0 Å². The normalized spacial score (nSPS) is 30.5. The molecular formula is C9H12Cl2O2. The van der Waals surface area contributed by atoms with Gasteiger partial charge in [0.25, 0.3) is 0 Å². The molecule has 1 saturated carbocycles. The second-order valence-corrected chi connectivity index (χ2v) is 4.54. The fraction of sp³-hybridized carbons (Fsp3) is 0.667. The van der Waals surface area contributed by atoms with E-state index in [1.54, 1.807) is 13.0 Å². The van der Waals surface area contributed by atoms with Gasteiger partial charge in [-0.25, -0.2) is 4.79 Å². The van der Waals surface area contributed by atoms with Crippen LogP contribution in [0.1, 0.15) is 13.8 Å². The van der Waals surface area contributed by atoms with E-state index >= 15 is 0 Å². The molecule has 0 saturated heterocycles. The molecule has 1 aliphatic carbocycles. The van der Waals surface area contributed by atoms with Crippen LogP contribution in [0.25, 0.3) is 0 Å². The van der Waals surface area contributed by atoms with E-state index in [2.05, 4.69) is 0 Å². The summed E-state index contributed by atoms with van der Waals surface area (Å²) in [5, 5.41) is 0. The Bertz CT molecular complexity index is 236. The average Bonchev–Trinajstić information content (AvgIpc) is 2.49. The van der Waals surface area contributed by atoms with Gasteiger partial charge in [-0.3, -0.25) is 0 Å². The third-order valence-corrected chi connectivity index (χ3v) is 3.40. The molecule has 2 atom stereocenters. The molecule has 2 unspecified atom stereocenters.